The fourth-order valence-corrected chi connectivity index (χ4v) is 2.31. The number of hydrogen-bond donors (Lipinski definition) is 2. The molecule has 0 aliphatic rings. The van der Waals surface area contributed by atoms with Gasteiger partial charge in [-0.3, -0.25) is 9.59 Å². The van der Waals surface area contributed by atoms with Crippen molar-refractivity contribution in [3.63, 3.8) is 0 Å². The Balaban J connectivity index is 2.03. The third kappa shape index (κ3) is 6.32. The molecule has 2 amide bonds. The maximum absolute atomic E-state index is 12.4. The molecule has 27 heavy (non-hydrogen) atoms. The molecule has 0 aliphatic carbocycles. The molecule has 0 heterocycles. The first-order chi connectivity index (χ1) is 12.7. The molecule has 0 saturated heterocycles. The van der Waals surface area contributed by atoms with Crippen molar-refractivity contribution >= 4 is 17.5 Å². The highest BCUT2D eigenvalue weighted by Gasteiger charge is 2.31. The first-order valence-electron chi connectivity index (χ1n) is 8.24. The van der Waals surface area contributed by atoms with Crippen LogP contribution in [0.4, 0.5) is 18.9 Å². The van der Waals surface area contributed by atoms with Crippen molar-refractivity contribution in [3.8, 4) is 5.75 Å². The fraction of sp³-hybridized carbons (Fsp3) is 0.263. The van der Waals surface area contributed by atoms with Gasteiger partial charge in [-0.25, -0.2) is 0 Å². The SMILES string of the molecule is CCC(=O)Nc1cccc(C(=O)NC(C)c2ccc(OC(F)(F)F)cc2)c1. The summed E-state index contributed by atoms with van der Waals surface area (Å²) in [5.74, 6) is -0.864. The Bertz CT molecular complexity index is 805. The van der Waals surface area contributed by atoms with Crippen LogP contribution in [0.3, 0.4) is 0 Å². The number of nitrogens with one attached hydrogen (secondary N) is 2. The predicted octanol–water partition coefficient (Wildman–Crippen LogP) is 4.42. The Morgan fingerprint density at radius 2 is 1.78 bits per heavy atom. The molecule has 0 saturated carbocycles. The molecular weight excluding hydrogens is 361 g/mol. The molecule has 1 unspecified atom stereocenters. The summed E-state index contributed by atoms with van der Waals surface area (Å²) in [5, 5.41) is 5.43. The number of carbonyl (C=O) groups excluding carboxylic acids is 2. The molecule has 0 aromatic heterocycles. The van der Waals surface area contributed by atoms with Crippen molar-refractivity contribution in [3.05, 3.63) is 59.7 Å². The van der Waals surface area contributed by atoms with Crippen molar-refractivity contribution < 1.29 is 27.5 Å². The van der Waals surface area contributed by atoms with Crippen LogP contribution in [0, 0.1) is 0 Å². The molecule has 2 aromatic carbocycles. The molecule has 8 heteroatoms. The minimum atomic E-state index is -4.75. The van der Waals surface area contributed by atoms with Gasteiger partial charge in [0.25, 0.3) is 5.91 Å². The number of hydrogen-bond acceptors (Lipinski definition) is 3. The van der Waals surface area contributed by atoms with Gasteiger partial charge in [0, 0.05) is 17.7 Å². The minimum absolute atomic E-state index is 0.165. The van der Waals surface area contributed by atoms with Crippen LogP contribution in [-0.2, 0) is 4.79 Å². The van der Waals surface area contributed by atoms with E-state index < -0.39 is 12.4 Å². The lowest BCUT2D eigenvalue weighted by Crippen LogP contribution is -2.26. The fourth-order valence-electron chi connectivity index (χ4n) is 2.31. The molecule has 0 fully saturated rings. The molecule has 2 aromatic rings. The first-order valence-corrected chi connectivity index (χ1v) is 8.24. The molecule has 0 aliphatic heterocycles. The monoisotopic (exact) mass is 380 g/mol. The number of alkyl halides is 3. The van der Waals surface area contributed by atoms with Gasteiger partial charge >= 0.3 is 6.36 Å². The highest BCUT2D eigenvalue weighted by molar-refractivity contribution is 5.97. The van der Waals surface area contributed by atoms with Gasteiger partial charge in [-0.2, -0.15) is 0 Å². The molecule has 1 atom stereocenters. The van der Waals surface area contributed by atoms with E-state index in [9.17, 15) is 22.8 Å². The lowest BCUT2D eigenvalue weighted by atomic mass is 10.1. The second-order valence-corrected chi connectivity index (χ2v) is 5.79. The van der Waals surface area contributed by atoms with Crippen molar-refractivity contribution in [2.45, 2.75) is 32.7 Å². The van der Waals surface area contributed by atoms with Crippen molar-refractivity contribution in [1.29, 1.82) is 0 Å². The third-order valence-electron chi connectivity index (χ3n) is 3.69. The number of benzene rings is 2. The minimum Gasteiger partial charge on any atom is -0.406 e. The molecule has 0 bridgehead atoms. The van der Waals surface area contributed by atoms with E-state index in [-0.39, 0.29) is 17.6 Å². The third-order valence-corrected chi connectivity index (χ3v) is 3.69. The summed E-state index contributed by atoms with van der Waals surface area (Å²) >= 11 is 0. The lowest BCUT2D eigenvalue weighted by molar-refractivity contribution is -0.274. The van der Waals surface area contributed by atoms with E-state index in [0.717, 1.165) is 0 Å². The topological polar surface area (TPSA) is 67.4 Å². The highest BCUT2D eigenvalue weighted by atomic mass is 19.4. The number of rotatable bonds is 6. The van der Waals surface area contributed by atoms with Crippen LogP contribution >= 0.6 is 0 Å². The maximum Gasteiger partial charge on any atom is 0.573 e. The smallest absolute Gasteiger partial charge is 0.406 e. The Hall–Kier alpha value is -3.03. The summed E-state index contributed by atoms with van der Waals surface area (Å²) in [6.07, 6.45) is -4.43. The van der Waals surface area contributed by atoms with Crippen molar-refractivity contribution in [2.24, 2.45) is 0 Å². The normalized spacial score (nSPS) is 12.2. The van der Waals surface area contributed by atoms with Crippen LogP contribution in [0.1, 0.15) is 42.2 Å². The molecule has 0 radical (unpaired) electrons. The second kappa shape index (κ2) is 8.57. The Morgan fingerprint density at radius 3 is 2.37 bits per heavy atom. The lowest BCUT2D eigenvalue weighted by Gasteiger charge is -2.16. The summed E-state index contributed by atoms with van der Waals surface area (Å²) in [6, 6.07) is 11.3. The molecular formula is C19H19F3N2O3. The summed E-state index contributed by atoms with van der Waals surface area (Å²) < 4.78 is 40.4. The van der Waals surface area contributed by atoms with Crippen LogP contribution in [0.25, 0.3) is 0 Å². The summed E-state index contributed by atoms with van der Waals surface area (Å²) in [5.41, 5.74) is 1.48. The van der Waals surface area contributed by atoms with Crippen molar-refractivity contribution in [1.82, 2.24) is 5.32 Å². The predicted molar refractivity (Wildman–Crippen MR) is 94.4 cm³/mol. The molecule has 2 rings (SSSR count). The van der Waals surface area contributed by atoms with Gasteiger partial charge in [0.05, 0.1) is 6.04 Å². The standard InChI is InChI=1S/C19H19F3N2O3/c1-3-17(25)24-15-6-4-5-14(11-15)18(26)23-12(2)13-7-9-16(10-8-13)27-19(20,21)22/h4-12H,3H2,1-2H3,(H,23,26)(H,24,25). The molecule has 5 nitrogen and oxygen atoms in total. The Kier molecular flexibility index (Phi) is 6.44. The zero-order valence-corrected chi connectivity index (χ0v) is 14.8. The Labute approximate surface area is 154 Å². The van der Waals surface area contributed by atoms with Gasteiger partial charge in [0.15, 0.2) is 0 Å². The number of ether oxygens (including phenoxy) is 1. The number of anilines is 1. The average molecular weight is 380 g/mol. The van der Waals surface area contributed by atoms with Crippen LogP contribution in [0.5, 0.6) is 5.75 Å². The van der Waals surface area contributed by atoms with E-state index in [0.29, 0.717) is 23.2 Å². The largest absolute Gasteiger partial charge is 0.573 e. The van der Waals surface area contributed by atoms with E-state index in [4.69, 9.17) is 0 Å². The van der Waals surface area contributed by atoms with Crippen LogP contribution in [0.15, 0.2) is 48.5 Å². The van der Waals surface area contributed by atoms with Crippen LogP contribution in [-0.4, -0.2) is 18.2 Å². The molecule has 0 spiro atoms. The van der Waals surface area contributed by atoms with Gasteiger partial charge in [0.1, 0.15) is 5.75 Å². The van der Waals surface area contributed by atoms with E-state index in [1.807, 2.05) is 0 Å². The van der Waals surface area contributed by atoms with E-state index in [2.05, 4.69) is 15.4 Å². The highest BCUT2D eigenvalue weighted by Crippen LogP contribution is 2.24. The summed E-state index contributed by atoms with van der Waals surface area (Å²) in [6.45, 7) is 3.43. The maximum atomic E-state index is 12.4. The second-order valence-electron chi connectivity index (χ2n) is 5.79. The van der Waals surface area contributed by atoms with Gasteiger partial charge in [-0.1, -0.05) is 25.1 Å². The Morgan fingerprint density at radius 1 is 1.11 bits per heavy atom. The van der Waals surface area contributed by atoms with E-state index in [1.165, 1.54) is 24.3 Å². The number of halogens is 3. The van der Waals surface area contributed by atoms with Gasteiger partial charge in [0.2, 0.25) is 5.91 Å². The quantitative estimate of drug-likeness (QED) is 0.779. The van der Waals surface area contributed by atoms with Crippen LogP contribution < -0.4 is 15.4 Å². The van der Waals surface area contributed by atoms with E-state index >= 15 is 0 Å². The summed E-state index contributed by atoms with van der Waals surface area (Å²) in [4.78, 5) is 23.8. The molecule has 144 valence electrons. The average Bonchev–Trinajstić information content (AvgIpc) is 2.61. The van der Waals surface area contributed by atoms with Gasteiger partial charge < -0.3 is 15.4 Å². The summed E-state index contributed by atoms with van der Waals surface area (Å²) in [7, 11) is 0. The zero-order valence-electron chi connectivity index (χ0n) is 14.8. The number of amides is 2. The first kappa shape index (κ1) is 20.3. The molecule has 2 N–H and O–H groups in total. The van der Waals surface area contributed by atoms with Gasteiger partial charge in [-0.05, 0) is 42.8 Å². The number of carbonyl (C=O) groups is 2. The van der Waals surface area contributed by atoms with E-state index in [1.54, 1.807) is 38.1 Å². The van der Waals surface area contributed by atoms with Gasteiger partial charge in [-0.15, -0.1) is 13.2 Å². The zero-order chi connectivity index (χ0) is 20.0. The van der Waals surface area contributed by atoms with Crippen LogP contribution in [0.2, 0.25) is 0 Å². The van der Waals surface area contributed by atoms with Crippen molar-refractivity contribution in [2.75, 3.05) is 5.32 Å².